The molecule has 0 unspecified atom stereocenters. The van der Waals surface area contributed by atoms with Crippen LogP contribution in [0.25, 0.3) is 32.7 Å². The number of fused-ring (bicyclic) bond motifs is 6. The van der Waals surface area contributed by atoms with Gasteiger partial charge in [0.25, 0.3) is 0 Å². The highest BCUT2D eigenvalue weighted by Crippen LogP contribution is 2.47. The molecule has 0 atom stereocenters. The first kappa shape index (κ1) is 35.8. The van der Waals surface area contributed by atoms with Gasteiger partial charge < -0.3 is 28.4 Å². The highest BCUT2D eigenvalue weighted by molar-refractivity contribution is 6.25. The van der Waals surface area contributed by atoms with Gasteiger partial charge in [0, 0.05) is 0 Å². The van der Waals surface area contributed by atoms with Crippen molar-refractivity contribution in [2.45, 2.75) is 0 Å². The molecule has 0 amide bonds. The molecule has 0 N–H and O–H groups in total. The smallest absolute Gasteiger partial charge is 0.325 e. The zero-order chi connectivity index (χ0) is 40.1. The summed E-state index contributed by atoms with van der Waals surface area (Å²) in [4.78, 5) is 29.7. The average molecular weight is 787 g/mol. The van der Waals surface area contributed by atoms with Gasteiger partial charge in [-0.1, -0.05) is 109 Å². The summed E-state index contributed by atoms with van der Waals surface area (Å²) in [7, 11) is 0. The first-order chi connectivity index (χ1) is 29.7. The topological polar surface area (TPSA) is 133 Å². The van der Waals surface area contributed by atoms with E-state index in [0.29, 0.717) is 50.7 Å². The fourth-order valence-corrected chi connectivity index (χ4v) is 6.39. The summed E-state index contributed by atoms with van der Waals surface area (Å²) in [5, 5.41) is 1.04. The van der Waals surface area contributed by atoms with Crippen molar-refractivity contribution >= 4 is 32.7 Å². The third-order valence-corrected chi connectivity index (χ3v) is 9.01. The summed E-state index contributed by atoms with van der Waals surface area (Å²) in [5.41, 5.74) is 0.865. The molecule has 0 aliphatic heterocycles. The van der Waals surface area contributed by atoms with E-state index < -0.39 is 0 Å². The van der Waals surface area contributed by atoms with Crippen LogP contribution in [-0.4, -0.2) is 29.9 Å². The molecule has 0 bridgehead atoms. The van der Waals surface area contributed by atoms with Crippen LogP contribution in [0.2, 0.25) is 0 Å². The number of hydrogen-bond donors (Lipinski definition) is 0. The number of aromatic nitrogens is 6. The van der Waals surface area contributed by atoms with Gasteiger partial charge >= 0.3 is 18.0 Å². The van der Waals surface area contributed by atoms with Crippen molar-refractivity contribution in [1.29, 1.82) is 0 Å². The van der Waals surface area contributed by atoms with Gasteiger partial charge in [0.2, 0.25) is 17.6 Å². The molecule has 0 radical (unpaired) electrons. The van der Waals surface area contributed by atoms with Crippen LogP contribution in [-0.2, 0) is 0 Å². The third-order valence-electron chi connectivity index (χ3n) is 9.01. The number of hydrogen-bond acceptors (Lipinski definition) is 12. The van der Waals surface area contributed by atoms with Crippen LogP contribution in [0, 0.1) is 0 Å². The fourth-order valence-electron chi connectivity index (χ4n) is 6.39. The van der Waals surface area contributed by atoms with Crippen LogP contribution in [0.5, 0.6) is 70.2 Å². The van der Waals surface area contributed by atoms with Crippen molar-refractivity contribution in [3.8, 4) is 70.2 Å². The monoisotopic (exact) mass is 786 g/mol. The zero-order valence-electron chi connectivity index (χ0n) is 31.5. The number of para-hydroxylation sites is 6. The van der Waals surface area contributed by atoms with Crippen LogP contribution < -0.4 is 28.4 Å². The van der Waals surface area contributed by atoms with Crippen LogP contribution >= 0.6 is 0 Å². The average Bonchev–Trinajstić information content (AvgIpc) is 3.28. The van der Waals surface area contributed by atoms with E-state index in [1.807, 2.05) is 146 Å². The molecule has 0 saturated heterocycles. The van der Waals surface area contributed by atoms with Crippen molar-refractivity contribution in [2.75, 3.05) is 0 Å². The predicted octanol–water partition coefficient (Wildman–Crippen LogP) is 12.3. The van der Waals surface area contributed by atoms with E-state index in [9.17, 15) is 0 Å². The molecule has 10 rings (SSSR count). The zero-order valence-corrected chi connectivity index (χ0v) is 31.5. The Bertz CT molecular complexity index is 2710. The summed E-state index contributed by atoms with van der Waals surface area (Å²) in [5.74, 6) is 3.31. The van der Waals surface area contributed by atoms with E-state index in [0.717, 1.165) is 0 Å². The van der Waals surface area contributed by atoms with E-state index in [2.05, 4.69) is 0 Å². The molecule has 3 heterocycles. The Hall–Kier alpha value is -8.64. The van der Waals surface area contributed by atoms with Crippen molar-refractivity contribution in [3.63, 3.8) is 0 Å². The largest absolute Gasteiger partial charge is 0.438 e. The number of rotatable bonds is 12. The maximum absolute atomic E-state index is 6.62. The third kappa shape index (κ3) is 7.59. The Labute approximate surface area is 342 Å². The summed E-state index contributed by atoms with van der Waals surface area (Å²) < 4.78 is 38.8. The summed E-state index contributed by atoms with van der Waals surface area (Å²) in [6.45, 7) is 0. The van der Waals surface area contributed by atoms with Gasteiger partial charge in [-0.25, -0.2) is 0 Å². The highest BCUT2D eigenvalue weighted by atomic mass is 16.5. The van der Waals surface area contributed by atoms with Crippen LogP contribution in [0.15, 0.2) is 182 Å². The lowest BCUT2D eigenvalue weighted by Crippen LogP contribution is -2.05. The van der Waals surface area contributed by atoms with Crippen molar-refractivity contribution in [1.82, 2.24) is 29.9 Å². The second kappa shape index (κ2) is 16.1. The second-order valence-electron chi connectivity index (χ2n) is 13.1. The molecule has 0 aliphatic rings. The minimum atomic E-state index is -0.0221. The van der Waals surface area contributed by atoms with Crippen LogP contribution in [0.4, 0.5) is 0 Å². The first-order valence-electron chi connectivity index (χ1n) is 18.8. The Morgan fingerprint density at radius 3 is 0.633 bits per heavy atom. The lowest BCUT2D eigenvalue weighted by molar-refractivity contribution is 0.415. The minimum Gasteiger partial charge on any atom is -0.438 e. The Morgan fingerprint density at radius 1 is 0.217 bits per heavy atom. The maximum Gasteiger partial charge on any atom is 0.325 e. The molecule has 60 heavy (non-hydrogen) atoms. The van der Waals surface area contributed by atoms with Gasteiger partial charge in [0.15, 0.2) is 0 Å². The molecule has 7 aromatic carbocycles. The quantitative estimate of drug-likeness (QED) is 0.109. The Balaban J connectivity index is 1.35. The lowest BCUT2D eigenvalue weighted by atomic mass is 10.1. The van der Waals surface area contributed by atoms with Crippen molar-refractivity contribution in [2.24, 2.45) is 0 Å². The van der Waals surface area contributed by atoms with E-state index in [1.165, 1.54) is 0 Å². The molecule has 0 aliphatic carbocycles. The minimum absolute atomic E-state index is 0.0221. The standard InChI is InChI=1S/C48H30N6O6/c1-7-19-31(20-8-1)55-43-37-40(49-46(52-43)58-34-25-13-4-14-26-34)38-42(51-48(60-36-29-17-6-18-30-36)54-44(38)56-32-21-9-2-10-22-32)39-41(37)50-47(59-35-27-15-5-16-28-35)53-45(39)57-33-23-11-3-12-24-33/h1-30H. The molecule has 0 spiro atoms. The first-order valence-corrected chi connectivity index (χ1v) is 18.8. The maximum atomic E-state index is 6.62. The molecule has 0 fully saturated rings. The Kier molecular flexibility index (Phi) is 9.58. The molecule has 10 aromatic rings. The SMILES string of the molecule is c1ccc(Oc2nc(Oc3ccccc3)c3c(n2)c2c(Oc4ccccc4)nc(Oc4ccccc4)nc2c2c(Oc4ccccc4)nc(Oc4ccccc4)nc32)cc1. The number of ether oxygens (including phenoxy) is 6. The second-order valence-corrected chi connectivity index (χ2v) is 13.1. The van der Waals surface area contributed by atoms with Crippen molar-refractivity contribution < 1.29 is 28.4 Å². The molecular weight excluding hydrogens is 757 g/mol. The molecule has 12 heteroatoms. The number of benzene rings is 7. The number of nitrogens with zero attached hydrogens (tertiary/aromatic N) is 6. The van der Waals surface area contributed by atoms with Crippen LogP contribution in [0.1, 0.15) is 0 Å². The van der Waals surface area contributed by atoms with Crippen LogP contribution in [0.3, 0.4) is 0 Å². The van der Waals surface area contributed by atoms with E-state index in [4.69, 9.17) is 58.3 Å². The molecular formula is C48H30N6O6. The van der Waals surface area contributed by atoms with Gasteiger partial charge in [-0.2, -0.15) is 29.9 Å². The summed E-state index contributed by atoms with van der Waals surface area (Å²) in [6.07, 6.45) is 0. The van der Waals surface area contributed by atoms with E-state index in [1.54, 1.807) is 36.4 Å². The molecule has 12 nitrogen and oxygen atoms in total. The van der Waals surface area contributed by atoms with Gasteiger partial charge in [-0.05, 0) is 72.8 Å². The van der Waals surface area contributed by atoms with E-state index in [-0.39, 0.29) is 52.2 Å². The van der Waals surface area contributed by atoms with Gasteiger partial charge in [-0.15, -0.1) is 0 Å². The predicted molar refractivity (Wildman–Crippen MR) is 225 cm³/mol. The fraction of sp³-hybridized carbons (Fsp3) is 0. The molecule has 3 aromatic heterocycles. The van der Waals surface area contributed by atoms with E-state index >= 15 is 0 Å². The molecule has 288 valence electrons. The van der Waals surface area contributed by atoms with Crippen molar-refractivity contribution in [3.05, 3.63) is 182 Å². The normalized spacial score (nSPS) is 11.0. The Morgan fingerprint density at radius 2 is 0.417 bits per heavy atom. The lowest BCUT2D eigenvalue weighted by Gasteiger charge is -2.18. The van der Waals surface area contributed by atoms with Gasteiger partial charge in [0.1, 0.15) is 34.5 Å². The van der Waals surface area contributed by atoms with Gasteiger partial charge in [-0.3, -0.25) is 0 Å². The summed E-state index contributed by atoms with van der Waals surface area (Å²) in [6, 6.07) is 55.3. The highest BCUT2D eigenvalue weighted by Gasteiger charge is 2.29. The van der Waals surface area contributed by atoms with Gasteiger partial charge in [0.05, 0.1) is 32.7 Å². The molecule has 0 saturated carbocycles. The summed E-state index contributed by atoms with van der Waals surface area (Å²) >= 11 is 0.